The summed E-state index contributed by atoms with van der Waals surface area (Å²) in [5.41, 5.74) is 0.824. The molecule has 0 saturated heterocycles. The van der Waals surface area contributed by atoms with Crippen molar-refractivity contribution < 1.29 is 13.7 Å². The maximum atomic E-state index is 11.8. The van der Waals surface area contributed by atoms with Gasteiger partial charge < -0.3 is 9.47 Å². The van der Waals surface area contributed by atoms with E-state index in [0.717, 1.165) is 5.56 Å². The molecule has 100 valence electrons. The Morgan fingerprint density at radius 3 is 2.28 bits per heavy atom. The van der Waals surface area contributed by atoms with Crippen molar-refractivity contribution in [2.75, 3.05) is 14.2 Å². The highest BCUT2D eigenvalue weighted by Gasteiger charge is 2.18. The number of nitrogens with zero attached hydrogens (tertiary/aromatic N) is 1. The van der Waals surface area contributed by atoms with Gasteiger partial charge in [0.25, 0.3) is 0 Å². The zero-order chi connectivity index (χ0) is 13.8. The first-order valence-electron chi connectivity index (χ1n) is 5.56. The number of ether oxygens (including phenoxy) is 2. The first kappa shape index (κ1) is 14.7. The fourth-order valence-corrected chi connectivity index (χ4v) is 1.73. The molecule has 1 atom stereocenters. The smallest absolute Gasteiger partial charge is 0.161 e. The molecule has 5 heteroatoms. The topological polar surface area (TPSA) is 47.9 Å². The van der Waals surface area contributed by atoms with E-state index in [1.165, 1.54) is 0 Å². The Bertz CT molecular complexity index is 464. The van der Waals surface area contributed by atoms with Crippen LogP contribution in [0.3, 0.4) is 0 Å². The molecule has 0 aromatic heterocycles. The lowest BCUT2D eigenvalue weighted by atomic mass is 10.2. The second-order valence-electron chi connectivity index (χ2n) is 4.71. The van der Waals surface area contributed by atoms with Crippen molar-refractivity contribution in [3.63, 3.8) is 0 Å². The normalized spacial score (nSPS) is 13.6. The highest BCUT2D eigenvalue weighted by molar-refractivity contribution is 7.85. The summed E-state index contributed by atoms with van der Waals surface area (Å²) in [5, 5.41) is 0. The number of methoxy groups -OCH3 is 2. The van der Waals surface area contributed by atoms with Crippen LogP contribution >= 0.6 is 0 Å². The number of benzene rings is 1. The Hall–Kier alpha value is -1.36. The molecule has 0 N–H and O–H groups in total. The summed E-state index contributed by atoms with van der Waals surface area (Å²) in [4.78, 5) is 0. The highest BCUT2D eigenvalue weighted by Crippen LogP contribution is 2.27. The summed E-state index contributed by atoms with van der Waals surface area (Å²) in [6.45, 7) is 5.65. The van der Waals surface area contributed by atoms with Crippen molar-refractivity contribution in [3.8, 4) is 11.5 Å². The van der Waals surface area contributed by atoms with Gasteiger partial charge in [-0.25, -0.2) is 4.21 Å². The van der Waals surface area contributed by atoms with Gasteiger partial charge in [0.1, 0.15) is 11.0 Å². The third-order valence-electron chi connectivity index (χ3n) is 2.23. The summed E-state index contributed by atoms with van der Waals surface area (Å²) < 4.78 is 25.8. The minimum absolute atomic E-state index is 0.354. The Morgan fingerprint density at radius 1 is 1.17 bits per heavy atom. The molecular weight excluding hydrogens is 250 g/mol. The van der Waals surface area contributed by atoms with Crippen molar-refractivity contribution >= 4 is 17.2 Å². The van der Waals surface area contributed by atoms with Gasteiger partial charge in [-0.15, -0.1) is 0 Å². The number of hydrogen-bond donors (Lipinski definition) is 0. The average Bonchev–Trinajstić information content (AvgIpc) is 2.34. The monoisotopic (exact) mass is 269 g/mol. The molecule has 0 aliphatic heterocycles. The Morgan fingerprint density at radius 2 is 1.78 bits per heavy atom. The third kappa shape index (κ3) is 3.84. The summed E-state index contributed by atoms with van der Waals surface area (Å²) in [7, 11) is 1.90. The van der Waals surface area contributed by atoms with Crippen molar-refractivity contribution in [1.29, 1.82) is 0 Å². The molecule has 18 heavy (non-hydrogen) atoms. The zero-order valence-electron chi connectivity index (χ0n) is 11.4. The first-order chi connectivity index (χ1) is 8.38. The lowest BCUT2D eigenvalue weighted by molar-refractivity contribution is 0.355. The molecule has 0 fully saturated rings. The van der Waals surface area contributed by atoms with Crippen LogP contribution in [0.15, 0.2) is 22.6 Å². The lowest BCUT2D eigenvalue weighted by Gasteiger charge is -2.12. The second-order valence-corrected chi connectivity index (χ2v) is 6.64. The van der Waals surface area contributed by atoms with Crippen LogP contribution < -0.4 is 9.47 Å². The largest absolute Gasteiger partial charge is 0.493 e. The number of hydrogen-bond acceptors (Lipinski definition) is 3. The minimum Gasteiger partial charge on any atom is -0.493 e. The van der Waals surface area contributed by atoms with Crippen molar-refractivity contribution in [1.82, 2.24) is 0 Å². The maximum absolute atomic E-state index is 11.8. The average molecular weight is 269 g/mol. The van der Waals surface area contributed by atoms with Crippen molar-refractivity contribution in [2.24, 2.45) is 4.40 Å². The first-order valence-corrected chi connectivity index (χ1v) is 6.67. The minimum atomic E-state index is -1.26. The van der Waals surface area contributed by atoms with Crippen LogP contribution in [0.5, 0.6) is 11.5 Å². The zero-order valence-corrected chi connectivity index (χ0v) is 12.2. The molecule has 1 rings (SSSR count). The van der Waals surface area contributed by atoms with E-state index in [2.05, 4.69) is 4.40 Å². The van der Waals surface area contributed by atoms with Crippen LogP contribution in [0.25, 0.3) is 0 Å². The van der Waals surface area contributed by atoms with E-state index in [-0.39, 0.29) is 4.75 Å². The molecule has 1 aromatic carbocycles. The van der Waals surface area contributed by atoms with Crippen LogP contribution in [-0.4, -0.2) is 29.4 Å². The fraction of sp³-hybridized carbons (Fsp3) is 0.462. The van der Waals surface area contributed by atoms with Gasteiger partial charge >= 0.3 is 0 Å². The van der Waals surface area contributed by atoms with E-state index in [0.29, 0.717) is 11.5 Å². The van der Waals surface area contributed by atoms with E-state index < -0.39 is 11.0 Å². The van der Waals surface area contributed by atoms with Gasteiger partial charge in [0, 0.05) is 6.21 Å². The lowest BCUT2D eigenvalue weighted by Crippen LogP contribution is -2.19. The van der Waals surface area contributed by atoms with Gasteiger partial charge in [-0.3, -0.25) is 0 Å². The third-order valence-corrected chi connectivity index (χ3v) is 3.57. The number of rotatable bonds is 4. The van der Waals surface area contributed by atoms with Crippen molar-refractivity contribution in [3.05, 3.63) is 23.8 Å². The Kier molecular flexibility index (Phi) is 4.90. The quantitative estimate of drug-likeness (QED) is 0.789. The van der Waals surface area contributed by atoms with E-state index in [1.807, 2.05) is 26.8 Å². The fourth-order valence-electron chi connectivity index (χ4n) is 1.20. The van der Waals surface area contributed by atoms with E-state index in [9.17, 15) is 4.21 Å². The molecule has 0 radical (unpaired) electrons. The summed E-state index contributed by atoms with van der Waals surface area (Å²) >= 11 is 0. The molecule has 0 aliphatic carbocycles. The molecule has 0 aliphatic rings. The predicted octanol–water partition coefficient (Wildman–Crippen LogP) is 2.58. The molecule has 1 aromatic rings. The molecule has 0 unspecified atom stereocenters. The SMILES string of the molecule is COc1ccc(/C=N/[S@](=O)C(C)(C)C)cc1OC. The van der Waals surface area contributed by atoms with Gasteiger partial charge in [0.2, 0.25) is 0 Å². The molecule has 0 amide bonds. The molecule has 0 spiro atoms. The highest BCUT2D eigenvalue weighted by atomic mass is 32.2. The van der Waals surface area contributed by atoms with Crippen molar-refractivity contribution in [2.45, 2.75) is 25.5 Å². The van der Waals surface area contributed by atoms with Gasteiger partial charge in [-0.1, -0.05) is 0 Å². The van der Waals surface area contributed by atoms with Crippen LogP contribution in [0, 0.1) is 0 Å². The summed E-state index contributed by atoms with van der Waals surface area (Å²) in [6, 6.07) is 5.42. The van der Waals surface area contributed by atoms with Gasteiger partial charge in [0.05, 0.1) is 19.0 Å². The Balaban J connectivity index is 2.92. The summed E-state index contributed by atoms with van der Waals surface area (Å²) in [5.74, 6) is 1.29. The van der Waals surface area contributed by atoms with Gasteiger partial charge in [-0.2, -0.15) is 4.40 Å². The molecule has 0 heterocycles. The van der Waals surface area contributed by atoms with Gasteiger partial charge in [-0.05, 0) is 44.5 Å². The van der Waals surface area contributed by atoms with E-state index in [4.69, 9.17) is 9.47 Å². The molecule has 0 bridgehead atoms. The predicted molar refractivity (Wildman–Crippen MR) is 75.0 cm³/mol. The van der Waals surface area contributed by atoms with Crippen LogP contribution in [0.4, 0.5) is 0 Å². The van der Waals surface area contributed by atoms with Crippen LogP contribution in [0.1, 0.15) is 26.3 Å². The molecule has 0 saturated carbocycles. The van der Waals surface area contributed by atoms with Gasteiger partial charge in [0.15, 0.2) is 11.5 Å². The second kappa shape index (κ2) is 6.00. The summed E-state index contributed by atoms with van der Waals surface area (Å²) in [6.07, 6.45) is 1.59. The Labute approximate surface area is 111 Å². The maximum Gasteiger partial charge on any atom is 0.161 e. The standard InChI is InChI=1S/C13H19NO3S/c1-13(2,3)18(15)14-9-10-6-7-11(16-4)12(8-10)17-5/h6-9H,1-5H3/b14-9+/t18-/m1/s1. The molecular formula is C13H19NO3S. The van der Waals surface area contributed by atoms with Crippen LogP contribution in [0.2, 0.25) is 0 Å². The molecule has 4 nitrogen and oxygen atoms in total. The van der Waals surface area contributed by atoms with E-state index in [1.54, 1.807) is 32.6 Å². The van der Waals surface area contributed by atoms with Crippen LogP contribution in [-0.2, 0) is 11.0 Å². The van der Waals surface area contributed by atoms with E-state index >= 15 is 0 Å².